The number of hydrogen-bond donors (Lipinski definition) is 2. The van der Waals surface area contributed by atoms with Gasteiger partial charge in [0.25, 0.3) is 5.91 Å². The molecule has 0 aromatic heterocycles. The number of halogens is 1. The van der Waals surface area contributed by atoms with E-state index in [0.29, 0.717) is 16.3 Å². The van der Waals surface area contributed by atoms with Crippen LogP contribution in [-0.2, 0) is 12.8 Å². The molecule has 0 fully saturated rings. The largest absolute Gasteiger partial charge is 0.398 e. The summed E-state index contributed by atoms with van der Waals surface area (Å²) in [5.74, 6) is -0.107. The molecule has 2 aromatic carbocycles. The van der Waals surface area contributed by atoms with Gasteiger partial charge in [-0.05, 0) is 42.2 Å². The van der Waals surface area contributed by atoms with Crippen molar-refractivity contribution in [2.75, 3.05) is 5.73 Å². The normalized spacial score (nSPS) is 14.1. The summed E-state index contributed by atoms with van der Waals surface area (Å²) < 4.78 is 0. The summed E-state index contributed by atoms with van der Waals surface area (Å²) >= 11 is 5.94. The fourth-order valence-electron chi connectivity index (χ4n) is 2.60. The van der Waals surface area contributed by atoms with Crippen LogP contribution in [0.5, 0.6) is 0 Å². The lowest BCUT2D eigenvalue weighted by atomic mass is 10.1. The molecular formula is C16H15ClN2O. The molecular weight excluding hydrogens is 272 g/mol. The van der Waals surface area contributed by atoms with Gasteiger partial charge in [0.05, 0.1) is 10.7 Å². The number of fused-ring (bicyclic) bond motifs is 1. The van der Waals surface area contributed by atoms with Gasteiger partial charge in [-0.1, -0.05) is 35.9 Å². The van der Waals surface area contributed by atoms with E-state index in [1.165, 1.54) is 11.1 Å². The van der Waals surface area contributed by atoms with E-state index in [0.717, 1.165) is 12.8 Å². The number of nitrogens with two attached hydrogens (primary N) is 1. The zero-order valence-corrected chi connectivity index (χ0v) is 11.7. The van der Waals surface area contributed by atoms with Crippen LogP contribution in [0.4, 0.5) is 5.69 Å². The lowest BCUT2D eigenvalue weighted by Gasteiger charge is -2.12. The molecule has 1 aliphatic carbocycles. The van der Waals surface area contributed by atoms with E-state index in [1.807, 2.05) is 12.1 Å². The molecule has 0 saturated heterocycles. The summed E-state index contributed by atoms with van der Waals surface area (Å²) in [5, 5.41) is 3.46. The van der Waals surface area contributed by atoms with E-state index in [2.05, 4.69) is 17.4 Å². The molecule has 102 valence electrons. The molecule has 1 aliphatic rings. The van der Waals surface area contributed by atoms with Crippen LogP contribution in [-0.4, -0.2) is 11.9 Å². The fraction of sp³-hybridized carbons (Fsp3) is 0.188. The first-order chi connectivity index (χ1) is 9.63. The van der Waals surface area contributed by atoms with Crippen LogP contribution in [0.3, 0.4) is 0 Å². The summed E-state index contributed by atoms with van der Waals surface area (Å²) in [6.45, 7) is 0. The maximum Gasteiger partial charge on any atom is 0.251 e. The fourth-order valence-corrected chi connectivity index (χ4v) is 2.78. The SMILES string of the molecule is Nc1ccc(C(=O)NC2Cc3ccccc3C2)cc1Cl. The highest BCUT2D eigenvalue weighted by Crippen LogP contribution is 2.23. The summed E-state index contributed by atoms with van der Waals surface area (Å²) in [4.78, 5) is 12.2. The molecule has 0 unspecified atom stereocenters. The minimum absolute atomic E-state index is 0.107. The van der Waals surface area contributed by atoms with Crippen LogP contribution in [0, 0.1) is 0 Å². The third-order valence-corrected chi connectivity index (χ3v) is 3.98. The number of carbonyl (C=O) groups excluding carboxylic acids is 1. The highest BCUT2D eigenvalue weighted by molar-refractivity contribution is 6.33. The topological polar surface area (TPSA) is 55.1 Å². The molecule has 3 rings (SSSR count). The second kappa shape index (κ2) is 5.17. The van der Waals surface area contributed by atoms with Crippen molar-refractivity contribution in [3.8, 4) is 0 Å². The molecule has 0 bridgehead atoms. The van der Waals surface area contributed by atoms with Crippen molar-refractivity contribution in [1.29, 1.82) is 0 Å². The molecule has 3 N–H and O–H groups in total. The predicted octanol–water partition coefficient (Wildman–Crippen LogP) is 2.82. The van der Waals surface area contributed by atoms with Crippen molar-refractivity contribution in [3.63, 3.8) is 0 Å². The minimum atomic E-state index is -0.107. The van der Waals surface area contributed by atoms with Crippen LogP contribution in [0.1, 0.15) is 21.5 Å². The van der Waals surface area contributed by atoms with Crippen LogP contribution in [0.15, 0.2) is 42.5 Å². The predicted molar refractivity (Wildman–Crippen MR) is 81.0 cm³/mol. The van der Waals surface area contributed by atoms with E-state index in [1.54, 1.807) is 18.2 Å². The van der Waals surface area contributed by atoms with E-state index in [-0.39, 0.29) is 11.9 Å². The molecule has 20 heavy (non-hydrogen) atoms. The first-order valence-electron chi connectivity index (χ1n) is 6.56. The highest BCUT2D eigenvalue weighted by Gasteiger charge is 2.22. The summed E-state index contributed by atoms with van der Waals surface area (Å²) in [6.07, 6.45) is 1.76. The van der Waals surface area contributed by atoms with Gasteiger partial charge in [0.1, 0.15) is 0 Å². The van der Waals surface area contributed by atoms with Gasteiger partial charge in [0, 0.05) is 11.6 Å². The number of nitrogen functional groups attached to an aromatic ring is 1. The Morgan fingerprint density at radius 3 is 2.40 bits per heavy atom. The van der Waals surface area contributed by atoms with Crippen molar-refractivity contribution >= 4 is 23.2 Å². The van der Waals surface area contributed by atoms with Gasteiger partial charge in [-0.3, -0.25) is 4.79 Å². The number of rotatable bonds is 2. The second-order valence-corrected chi connectivity index (χ2v) is 5.49. The Hall–Kier alpha value is -2.00. The molecule has 0 saturated carbocycles. The average Bonchev–Trinajstić information content (AvgIpc) is 2.83. The standard InChI is InChI=1S/C16H15ClN2O/c17-14-9-12(5-6-15(14)18)16(20)19-13-7-10-3-1-2-4-11(10)8-13/h1-6,9,13H,7-8,18H2,(H,19,20). The van der Waals surface area contributed by atoms with Crippen LogP contribution < -0.4 is 11.1 Å². The Bertz CT molecular complexity index is 644. The zero-order valence-electron chi connectivity index (χ0n) is 10.9. The summed E-state index contributed by atoms with van der Waals surface area (Å²) in [6, 6.07) is 13.4. The molecule has 0 aliphatic heterocycles. The Balaban J connectivity index is 1.70. The number of amides is 1. The Morgan fingerprint density at radius 1 is 1.15 bits per heavy atom. The van der Waals surface area contributed by atoms with Gasteiger partial charge in [0.15, 0.2) is 0 Å². The molecule has 0 radical (unpaired) electrons. The first-order valence-corrected chi connectivity index (χ1v) is 6.94. The summed E-state index contributed by atoms with van der Waals surface area (Å²) in [7, 11) is 0. The first kappa shape index (κ1) is 13.0. The number of anilines is 1. The van der Waals surface area contributed by atoms with Crippen LogP contribution in [0.25, 0.3) is 0 Å². The number of nitrogens with one attached hydrogen (secondary N) is 1. The van der Waals surface area contributed by atoms with Gasteiger partial charge in [-0.25, -0.2) is 0 Å². The molecule has 4 heteroatoms. The van der Waals surface area contributed by atoms with Gasteiger partial charge in [0.2, 0.25) is 0 Å². The number of benzene rings is 2. The molecule has 1 amide bonds. The van der Waals surface area contributed by atoms with E-state index < -0.39 is 0 Å². The third-order valence-electron chi connectivity index (χ3n) is 3.65. The van der Waals surface area contributed by atoms with Crippen LogP contribution >= 0.6 is 11.6 Å². The Morgan fingerprint density at radius 2 is 1.80 bits per heavy atom. The Labute approximate surface area is 122 Å². The second-order valence-electron chi connectivity index (χ2n) is 5.08. The lowest BCUT2D eigenvalue weighted by molar-refractivity contribution is 0.0938. The molecule has 0 heterocycles. The zero-order chi connectivity index (χ0) is 14.1. The third kappa shape index (κ3) is 2.49. The quantitative estimate of drug-likeness (QED) is 0.834. The van der Waals surface area contributed by atoms with Gasteiger partial charge >= 0.3 is 0 Å². The Kier molecular flexibility index (Phi) is 3.36. The van der Waals surface area contributed by atoms with E-state index in [4.69, 9.17) is 17.3 Å². The van der Waals surface area contributed by atoms with Crippen molar-refractivity contribution < 1.29 is 4.79 Å². The average molecular weight is 287 g/mol. The van der Waals surface area contributed by atoms with E-state index in [9.17, 15) is 4.79 Å². The maximum absolute atomic E-state index is 12.2. The van der Waals surface area contributed by atoms with Gasteiger partial charge in [-0.2, -0.15) is 0 Å². The van der Waals surface area contributed by atoms with Crippen molar-refractivity contribution in [3.05, 3.63) is 64.2 Å². The van der Waals surface area contributed by atoms with Crippen molar-refractivity contribution in [2.45, 2.75) is 18.9 Å². The highest BCUT2D eigenvalue weighted by atomic mass is 35.5. The molecule has 2 aromatic rings. The molecule has 0 atom stereocenters. The number of hydrogen-bond acceptors (Lipinski definition) is 2. The van der Waals surface area contributed by atoms with Crippen molar-refractivity contribution in [2.24, 2.45) is 0 Å². The monoisotopic (exact) mass is 286 g/mol. The molecule has 3 nitrogen and oxygen atoms in total. The van der Waals surface area contributed by atoms with E-state index >= 15 is 0 Å². The minimum Gasteiger partial charge on any atom is -0.398 e. The molecule has 0 spiro atoms. The van der Waals surface area contributed by atoms with Gasteiger partial charge in [-0.15, -0.1) is 0 Å². The smallest absolute Gasteiger partial charge is 0.251 e. The van der Waals surface area contributed by atoms with Crippen molar-refractivity contribution in [1.82, 2.24) is 5.32 Å². The number of carbonyl (C=O) groups is 1. The maximum atomic E-state index is 12.2. The lowest BCUT2D eigenvalue weighted by Crippen LogP contribution is -2.35. The summed E-state index contributed by atoms with van der Waals surface area (Å²) in [5.41, 5.74) is 9.30. The van der Waals surface area contributed by atoms with Gasteiger partial charge < -0.3 is 11.1 Å². The van der Waals surface area contributed by atoms with Crippen LogP contribution in [0.2, 0.25) is 5.02 Å².